The van der Waals surface area contributed by atoms with Crippen molar-refractivity contribution in [3.05, 3.63) is 42.1 Å². The van der Waals surface area contributed by atoms with E-state index < -0.39 is 5.97 Å². The maximum atomic E-state index is 10.5. The average Bonchev–Trinajstić information content (AvgIpc) is 3.26. The standard InChI is InChI=1S/C24H28N4O3/c25-17-22-24(27-28-26-22)20-11-10-19-16-21(13-12-18(19)15-20)31-14-8-6-4-2-1-3-5-7-9-23(29)30/h10-13,15-16H,1-9,14H2,(H,29,30)(H,26,27,28). The lowest BCUT2D eigenvalue weighted by molar-refractivity contribution is -0.137. The normalized spacial score (nSPS) is 10.8. The highest BCUT2D eigenvalue weighted by Crippen LogP contribution is 2.27. The predicted octanol–water partition coefficient (Wildman–Crippen LogP) is 5.47. The number of benzene rings is 2. The molecule has 31 heavy (non-hydrogen) atoms. The van der Waals surface area contributed by atoms with Crippen LogP contribution in [0.4, 0.5) is 0 Å². The first-order chi connectivity index (χ1) is 15.2. The van der Waals surface area contributed by atoms with E-state index in [0.29, 0.717) is 18.0 Å². The molecule has 7 heteroatoms. The van der Waals surface area contributed by atoms with Gasteiger partial charge in [-0.2, -0.15) is 5.26 Å². The minimum Gasteiger partial charge on any atom is -0.494 e. The van der Waals surface area contributed by atoms with Gasteiger partial charge in [-0.05, 0) is 41.8 Å². The van der Waals surface area contributed by atoms with Crippen molar-refractivity contribution in [2.45, 2.75) is 57.8 Å². The molecule has 2 N–H and O–H groups in total. The third kappa shape index (κ3) is 6.82. The van der Waals surface area contributed by atoms with Gasteiger partial charge in [-0.15, -0.1) is 5.10 Å². The lowest BCUT2D eigenvalue weighted by atomic mass is 10.0. The Hall–Kier alpha value is -3.40. The van der Waals surface area contributed by atoms with Crippen LogP contribution in [-0.4, -0.2) is 33.1 Å². The van der Waals surface area contributed by atoms with Gasteiger partial charge in [0.15, 0.2) is 5.69 Å². The van der Waals surface area contributed by atoms with E-state index in [2.05, 4.69) is 21.5 Å². The Labute approximate surface area is 182 Å². The molecule has 0 saturated heterocycles. The van der Waals surface area contributed by atoms with Crippen LogP contribution in [0.25, 0.3) is 22.0 Å². The van der Waals surface area contributed by atoms with Crippen LogP contribution in [0.15, 0.2) is 36.4 Å². The van der Waals surface area contributed by atoms with Crippen LogP contribution in [0.5, 0.6) is 5.75 Å². The number of carboxylic acid groups (broad SMARTS) is 1. The van der Waals surface area contributed by atoms with Crippen LogP contribution >= 0.6 is 0 Å². The van der Waals surface area contributed by atoms with Gasteiger partial charge < -0.3 is 9.84 Å². The van der Waals surface area contributed by atoms with Crippen LogP contribution in [0.1, 0.15) is 63.5 Å². The maximum absolute atomic E-state index is 10.5. The number of aromatic nitrogens is 3. The lowest BCUT2D eigenvalue weighted by Crippen LogP contribution is -1.97. The SMILES string of the molecule is N#Cc1[nH]nnc1-c1ccc2cc(OCCCCCCCCCCC(=O)O)ccc2c1. The zero-order valence-corrected chi connectivity index (χ0v) is 17.6. The van der Waals surface area contributed by atoms with Gasteiger partial charge in [0, 0.05) is 12.0 Å². The van der Waals surface area contributed by atoms with Crippen molar-refractivity contribution in [3.8, 4) is 23.1 Å². The smallest absolute Gasteiger partial charge is 0.303 e. The van der Waals surface area contributed by atoms with Crippen LogP contribution in [0.3, 0.4) is 0 Å². The monoisotopic (exact) mass is 420 g/mol. The third-order valence-electron chi connectivity index (χ3n) is 5.30. The van der Waals surface area contributed by atoms with E-state index in [9.17, 15) is 4.79 Å². The Balaban J connectivity index is 1.37. The molecule has 0 aliphatic carbocycles. The fraction of sp³-hybridized carbons (Fsp3) is 0.417. The summed E-state index contributed by atoms with van der Waals surface area (Å²) in [6.07, 6.45) is 8.95. The van der Waals surface area contributed by atoms with Crippen LogP contribution in [-0.2, 0) is 4.79 Å². The van der Waals surface area contributed by atoms with Crippen LogP contribution in [0, 0.1) is 11.3 Å². The number of hydrogen-bond donors (Lipinski definition) is 2. The fourth-order valence-corrected chi connectivity index (χ4v) is 3.60. The summed E-state index contributed by atoms with van der Waals surface area (Å²) in [5.41, 5.74) is 1.77. The molecule has 0 radical (unpaired) electrons. The molecule has 3 aromatic rings. The largest absolute Gasteiger partial charge is 0.494 e. The molecule has 162 valence electrons. The number of carbonyl (C=O) groups is 1. The van der Waals surface area contributed by atoms with Gasteiger partial charge >= 0.3 is 5.97 Å². The Morgan fingerprint density at radius 2 is 1.65 bits per heavy atom. The van der Waals surface area contributed by atoms with E-state index in [-0.39, 0.29) is 6.42 Å². The second-order valence-electron chi connectivity index (χ2n) is 7.69. The zero-order chi connectivity index (χ0) is 21.9. The van der Waals surface area contributed by atoms with Gasteiger partial charge in [0.2, 0.25) is 0 Å². The Morgan fingerprint density at radius 3 is 2.39 bits per heavy atom. The summed E-state index contributed by atoms with van der Waals surface area (Å²) in [4.78, 5) is 10.5. The molecular formula is C24H28N4O3. The average molecular weight is 421 g/mol. The van der Waals surface area contributed by atoms with Crippen molar-refractivity contribution in [2.24, 2.45) is 0 Å². The van der Waals surface area contributed by atoms with E-state index in [0.717, 1.165) is 54.2 Å². The molecule has 7 nitrogen and oxygen atoms in total. The quantitative estimate of drug-likeness (QED) is 0.355. The molecule has 3 rings (SSSR count). The summed E-state index contributed by atoms with van der Waals surface area (Å²) in [5, 5.41) is 30.2. The Bertz CT molecular complexity index is 1040. The molecule has 0 atom stereocenters. The molecule has 0 spiro atoms. The molecule has 0 fully saturated rings. The fourth-order valence-electron chi connectivity index (χ4n) is 3.60. The Morgan fingerprint density at radius 1 is 0.968 bits per heavy atom. The number of unbranched alkanes of at least 4 members (excludes halogenated alkanes) is 7. The first-order valence-corrected chi connectivity index (χ1v) is 10.9. The highest BCUT2D eigenvalue weighted by Gasteiger charge is 2.10. The second-order valence-corrected chi connectivity index (χ2v) is 7.69. The van der Waals surface area contributed by atoms with E-state index in [1.54, 1.807) is 0 Å². The number of rotatable bonds is 13. The number of fused-ring (bicyclic) bond motifs is 1. The first kappa shape index (κ1) is 22.3. The molecule has 0 aliphatic rings. The van der Waals surface area contributed by atoms with Crippen molar-refractivity contribution in [3.63, 3.8) is 0 Å². The summed E-state index contributed by atoms with van der Waals surface area (Å²) >= 11 is 0. The van der Waals surface area contributed by atoms with E-state index >= 15 is 0 Å². The molecule has 2 aromatic carbocycles. The van der Waals surface area contributed by atoms with Crippen molar-refractivity contribution in [1.29, 1.82) is 5.26 Å². The molecule has 0 unspecified atom stereocenters. The molecular weight excluding hydrogens is 392 g/mol. The van der Waals surface area contributed by atoms with Gasteiger partial charge in [0.25, 0.3) is 0 Å². The number of ether oxygens (including phenoxy) is 1. The number of carboxylic acids is 1. The number of H-pyrrole nitrogens is 1. The summed E-state index contributed by atoms with van der Waals surface area (Å²) in [5.74, 6) is 0.162. The van der Waals surface area contributed by atoms with Crippen molar-refractivity contribution in [2.75, 3.05) is 6.61 Å². The summed E-state index contributed by atoms with van der Waals surface area (Å²) in [6, 6.07) is 14.0. The van der Waals surface area contributed by atoms with Gasteiger partial charge in [-0.1, -0.05) is 61.9 Å². The molecule has 0 aliphatic heterocycles. The van der Waals surface area contributed by atoms with Gasteiger partial charge in [0.1, 0.15) is 17.5 Å². The minimum atomic E-state index is -0.697. The summed E-state index contributed by atoms with van der Waals surface area (Å²) in [6.45, 7) is 0.701. The van der Waals surface area contributed by atoms with E-state index in [1.165, 1.54) is 19.3 Å². The lowest BCUT2D eigenvalue weighted by Gasteiger charge is -2.08. The van der Waals surface area contributed by atoms with Crippen molar-refractivity contribution >= 4 is 16.7 Å². The van der Waals surface area contributed by atoms with Crippen molar-refractivity contribution in [1.82, 2.24) is 15.4 Å². The Kier molecular flexibility index (Phi) is 8.41. The summed E-state index contributed by atoms with van der Waals surface area (Å²) in [7, 11) is 0. The van der Waals surface area contributed by atoms with Crippen LogP contribution < -0.4 is 4.74 Å². The molecule has 0 saturated carbocycles. The maximum Gasteiger partial charge on any atom is 0.303 e. The zero-order valence-electron chi connectivity index (χ0n) is 17.6. The number of nitrogens with one attached hydrogen (secondary N) is 1. The number of nitrogens with zero attached hydrogens (tertiary/aromatic N) is 3. The van der Waals surface area contributed by atoms with Gasteiger partial charge in [-0.25, -0.2) is 5.10 Å². The number of aromatic amines is 1. The number of nitriles is 1. The number of hydrogen-bond acceptors (Lipinski definition) is 5. The van der Waals surface area contributed by atoms with Crippen LogP contribution in [0.2, 0.25) is 0 Å². The molecule has 1 heterocycles. The molecule has 0 amide bonds. The molecule has 1 aromatic heterocycles. The highest BCUT2D eigenvalue weighted by molar-refractivity contribution is 5.88. The van der Waals surface area contributed by atoms with Gasteiger partial charge in [0.05, 0.1) is 6.61 Å². The number of aliphatic carboxylic acids is 1. The second kappa shape index (κ2) is 11.7. The van der Waals surface area contributed by atoms with Gasteiger partial charge in [-0.3, -0.25) is 4.79 Å². The highest BCUT2D eigenvalue weighted by atomic mass is 16.5. The van der Waals surface area contributed by atoms with Crippen molar-refractivity contribution < 1.29 is 14.6 Å². The topological polar surface area (TPSA) is 112 Å². The molecule has 0 bridgehead atoms. The predicted molar refractivity (Wildman–Crippen MR) is 119 cm³/mol. The van der Waals surface area contributed by atoms with E-state index in [1.807, 2.05) is 36.4 Å². The minimum absolute atomic E-state index is 0.289. The first-order valence-electron chi connectivity index (χ1n) is 10.9. The summed E-state index contributed by atoms with van der Waals surface area (Å²) < 4.78 is 5.91. The van der Waals surface area contributed by atoms with E-state index in [4.69, 9.17) is 15.1 Å². The third-order valence-corrected chi connectivity index (χ3v) is 5.30.